The molecule has 0 spiro atoms. The van der Waals surface area contributed by atoms with Gasteiger partial charge in [0.05, 0.1) is 33.5 Å². The van der Waals surface area contributed by atoms with Gasteiger partial charge in [-0.3, -0.25) is 15.1 Å². The van der Waals surface area contributed by atoms with Gasteiger partial charge in [0, 0.05) is 17.7 Å². The molecule has 0 fully saturated rings. The van der Waals surface area contributed by atoms with Crippen molar-refractivity contribution in [2.45, 2.75) is 33.5 Å². The average molecular weight is 356 g/mol. The van der Waals surface area contributed by atoms with E-state index in [1.165, 1.54) is 18.2 Å². The lowest BCUT2D eigenvalue weighted by Gasteiger charge is -2.16. The molecule has 26 heavy (non-hydrogen) atoms. The fourth-order valence-electron chi connectivity index (χ4n) is 2.88. The number of carbonyl (C=O) groups excluding carboxylic acids is 2. The molecule has 1 aliphatic rings. The number of pyridine rings is 1. The van der Waals surface area contributed by atoms with Gasteiger partial charge in [-0.2, -0.15) is 0 Å². The molecule has 0 bridgehead atoms. The van der Waals surface area contributed by atoms with Gasteiger partial charge in [0.1, 0.15) is 6.61 Å². The Morgan fingerprint density at radius 3 is 2.73 bits per heavy atom. The van der Waals surface area contributed by atoms with Crippen LogP contribution in [-0.2, 0) is 16.1 Å². The van der Waals surface area contributed by atoms with Gasteiger partial charge in [0.2, 0.25) is 0 Å². The van der Waals surface area contributed by atoms with E-state index in [-0.39, 0.29) is 35.1 Å². The third kappa shape index (κ3) is 3.01. The van der Waals surface area contributed by atoms with Crippen LogP contribution < -0.4 is 0 Å². The number of carbonyl (C=O) groups is 2. The third-order valence-corrected chi connectivity index (χ3v) is 3.89. The number of non-ortho nitro benzene ring substituents is 1. The maximum atomic E-state index is 12.6. The summed E-state index contributed by atoms with van der Waals surface area (Å²) in [6, 6.07) is 5.74. The molecule has 1 aliphatic heterocycles. The Balaban J connectivity index is 2.31. The van der Waals surface area contributed by atoms with Crippen molar-refractivity contribution in [2.24, 2.45) is 0 Å². The number of aryl methyl sites for hydroxylation is 1. The highest BCUT2D eigenvalue weighted by atomic mass is 16.6. The summed E-state index contributed by atoms with van der Waals surface area (Å²) in [5.41, 5.74) is 1.48. The van der Waals surface area contributed by atoms with Crippen molar-refractivity contribution >= 4 is 17.6 Å². The van der Waals surface area contributed by atoms with E-state index in [9.17, 15) is 19.7 Å². The predicted molar refractivity (Wildman–Crippen MR) is 90.7 cm³/mol. The van der Waals surface area contributed by atoms with Gasteiger partial charge in [0.15, 0.2) is 0 Å². The largest absolute Gasteiger partial charge is 0.459 e. The second-order valence-electron chi connectivity index (χ2n) is 6.11. The Labute approximate surface area is 148 Å². The number of esters is 2. The quantitative estimate of drug-likeness (QED) is 0.470. The lowest BCUT2D eigenvalue weighted by molar-refractivity contribution is -0.384. The van der Waals surface area contributed by atoms with Crippen molar-refractivity contribution in [3.8, 4) is 11.1 Å². The highest BCUT2D eigenvalue weighted by Crippen LogP contribution is 2.36. The molecule has 0 atom stereocenters. The normalized spacial score (nSPS) is 12.7. The Morgan fingerprint density at radius 1 is 1.35 bits per heavy atom. The minimum Gasteiger partial charge on any atom is -0.459 e. The van der Waals surface area contributed by atoms with Crippen LogP contribution in [0.1, 0.15) is 46.0 Å². The van der Waals surface area contributed by atoms with E-state index in [2.05, 4.69) is 4.98 Å². The summed E-state index contributed by atoms with van der Waals surface area (Å²) in [6.45, 7) is 5.03. The Bertz CT molecular complexity index is 936. The first kappa shape index (κ1) is 17.5. The topological polar surface area (TPSA) is 109 Å². The molecule has 134 valence electrons. The first-order chi connectivity index (χ1) is 12.3. The Hall–Kier alpha value is -3.29. The van der Waals surface area contributed by atoms with Crippen LogP contribution in [0, 0.1) is 17.0 Å². The zero-order chi connectivity index (χ0) is 19.0. The van der Waals surface area contributed by atoms with Gasteiger partial charge < -0.3 is 9.47 Å². The van der Waals surface area contributed by atoms with Crippen LogP contribution in [0.15, 0.2) is 24.3 Å². The van der Waals surface area contributed by atoms with Crippen molar-refractivity contribution in [3.05, 3.63) is 56.9 Å². The van der Waals surface area contributed by atoms with Gasteiger partial charge in [0.25, 0.3) is 5.69 Å². The summed E-state index contributed by atoms with van der Waals surface area (Å²) < 4.78 is 10.3. The summed E-state index contributed by atoms with van der Waals surface area (Å²) in [4.78, 5) is 39.8. The maximum absolute atomic E-state index is 12.6. The molecule has 0 amide bonds. The van der Waals surface area contributed by atoms with Crippen LogP contribution in [0.2, 0.25) is 0 Å². The molecule has 0 saturated heterocycles. The first-order valence-electron chi connectivity index (χ1n) is 7.96. The van der Waals surface area contributed by atoms with Crippen molar-refractivity contribution < 1.29 is 24.0 Å². The Morgan fingerprint density at radius 2 is 2.08 bits per heavy atom. The number of hydrogen-bond donors (Lipinski definition) is 0. The number of fused-ring (bicyclic) bond motifs is 1. The van der Waals surface area contributed by atoms with Crippen molar-refractivity contribution in [2.75, 3.05) is 0 Å². The fourth-order valence-corrected chi connectivity index (χ4v) is 2.88. The first-order valence-corrected chi connectivity index (χ1v) is 7.96. The number of aromatic nitrogens is 1. The minimum absolute atomic E-state index is 0.00353. The lowest BCUT2D eigenvalue weighted by Crippen LogP contribution is -2.17. The number of nitro groups is 1. The smallest absolute Gasteiger partial charge is 0.341 e. The zero-order valence-electron chi connectivity index (χ0n) is 14.4. The molecule has 8 heteroatoms. The third-order valence-electron chi connectivity index (χ3n) is 3.89. The number of rotatable bonds is 4. The van der Waals surface area contributed by atoms with E-state index in [4.69, 9.17) is 9.47 Å². The van der Waals surface area contributed by atoms with E-state index in [0.717, 1.165) is 0 Å². The van der Waals surface area contributed by atoms with Gasteiger partial charge in [-0.15, -0.1) is 0 Å². The second-order valence-corrected chi connectivity index (χ2v) is 6.11. The number of hydrogen-bond acceptors (Lipinski definition) is 7. The highest BCUT2D eigenvalue weighted by molar-refractivity contribution is 6.08. The highest BCUT2D eigenvalue weighted by Gasteiger charge is 2.33. The van der Waals surface area contributed by atoms with Crippen LogP contribution in [0.5, 0.6) is 0 Å². The molecule has 3 rings (SSSR count). The molecule has 0 aliphatic carbocycles. The molecule has 0 saturated carbocycles. The summed E-state index contributed by atoms with van der Waals surface area (Å²) >= 11 is 0. The molecule has 2 aromatic rings. The van der Waals surface area contributed by atoms with Crippen LogP contribution in [0.4, 0.5) is 5.69 Å². The van der Waals surface area contributed by atoms with E-state index >= 15 is 0 Å². The number of cyclic esters (lactones) is 1. The summed E-state index contributed by atoms with van der Waals surface area (Å²) in [5, 5.41) is 11.1. The molecular formula is C18H16N2O6. The number of nitro benzene ring substituents is 1. The van der Waals surface area contributed by atoms with Crippen molar-refractivity contribution in [3.63, 3.8) is 0 Å². The van der Waals surface area contributed by atoms with E-state index in [1.807, 2.05) is 0 Å². The lowest BCUT2D eigenvalue weighted by atomic mass is 9.92. The predicted octanol–water partition coefficient (Wildman–Crippen LogP) is 3.20. The summed E-state index contributed by atoms with van der Waals surface area (Å²) in [7, 11) is 0. The molecule has 1 aromatic carbocycles. The second kappa shape index (κ2) is 6.55. The van der Waals surface area contributed by atoms with Gasteiger partial charge in [-0.1, -0.05) is 12.1 Å². The number of nitrogens with zero attached hydrogens (tertiary/aromatic N) is 2. The summed E-state index contributed by atoms with van der Waals surface area (Å²) in [5.74, 6) is -1.26. The molecule has 1 aromatic heterocycles. The summed E-state index contributed by atoms with van der Waals surface area (Å²) in [6.07, 6.45) is -0.375. The zero-order valence-corrected chi connectivity index (χ0v) is 14.4. The number of ether oxygens (including phenoxy) is 2. The molecular weight excluding hydrogens is 340 g/mol. The van der Waals surface area contributed by atoms with Crippen LogP contribution in [-0.4, -0.2) is 27.9 Å². The van der Waals surface area contributed by atoms with E-state index in [1.54, 1.807) is 26.8 Å². The number of benzene rings is 1. The van der Waals surface area contributed by atoms with Crippen LogP contribution >= 0.6 is 0 Å². The van der Waals surface area contributed by atoms with Crippen LogP contribution in [0.25, 0.3) is 11.1 Å². The standard InChI is InChI=1S/C18H16N2O6/c1-9(2)26-18(22)14-10(3)19-13-8-25-17(21)16(13)15(14)11-5-4-6-12(7-11)20(23)24/h4-7,9H,8H2,1-3H3. The monoisotopic (exact) mass is 356 g/mol. The minimum atomic E-state index is -0.644. The SMILES string of the molecule is Cc1nc2c(c(-c3cccc([N+](=O)[O-])c3)c1C(=O)OC(C)C)C(=O)OC2. The molecule has 8 nitrogen and oxygen atoms in total. The van der Waals surface area contributed by atoms with Gasteiger partial charge in [-0.05, 0) is 26.3 Å². The average Bonchev–Trinajstić information content (AvgIpc) is 2.93. The molecule has 0 N–H and O–H groups in total. The van der Waals surface area contributed by atoms with Crippen LogP contribution in [0.3, 0.4) is 0 Å². The molecule has 0 radical (unpaired) electrons. The maximum Gasteiger partial charge on any atom is 0.341 e. The Kier molecular flexibility index (Phi) is 4.41. The van der Waals surface area contributed by atoms with Gasteiger partial charge >= 0.3 is 11.9 Å². The van der Waals surface area contributed by atoms with Gasteiger partial charge in [-0.25, -0.2) is 9.59 Å². The van der Waals surface area contributed by atoms with Crippen molar-refractivity contribution in [1.82, 2.24) is 4.98 Å². The fraction of sp³-hybridized carbons (Fsp3) is 0.278. The molecule has 2 heterocycles. The van der Waals surface area contributed by atoms with E-state index in [0.29, 0.717) is 17.0 Å². The van der Waals surface area contributed by atoms with E-state index < -0.39 is 16.9 Å². The van der Waals surface area contributed by atoms with Crippen molar-refractivity contribution in [1.29, 1.82) is 0 Å². The molecule has 0 unspecified atom stereocenters.